The fourth-order valence-electron chi connectivity index (χ4n) is 3.19. The van der Waals surface area contributed by atoms with Crippen molar-refractivity contribution >= 4 is 17.2 Å². The van der Waals surface area contributed by atoms with Crippen molar-refractivity contribution in [2.75, 3.05) is 40.0 Å². The van der Waals surface area contributed by atoms with Gasteiger partial charge in [-0.3, -0.25) is 4.79 Å². The molecular formula is C14H19NO3S. The van der Waals surface area contributed by atoms with E-state index in [0.29, 0.717) is 25.6 Å². The molecule has 0 aliphatic carbocycles. The average Bonchev–Trinajstić information content (AvgIpc) is 3.03. The molecule has 19 heavy (non-hydrogen) atoms. The molecule has 2 aliphatic heterocycles. The van der Waals surface area contributed by atoms with E-state index >= 15 is 0 Å². The van der Waals surface area contributed by atoms with Crippen LogP contribution in [0, 0.1) is 11.3 Å². The van der Waals surface area contributed by atoms with Gasteiger partial charge in [0.1, 0.15) is 0 Å². The van der Waals surface area contributed by atoms with Gasteiger partial charge in [0.2, 0.25) is 5.91 Å². The summed E-state index contributed by atoms with van der Waals surface area (Å²) in [5.74, 6) is 0.655. The van der Waals surface area contributed by atoms with E-state index in [-0.39, 0.29) is 11.3 Å². The van der Waals surface area contributed by atoms with Crippen LogP contribution in [0.5, 0.6) is 0 Å². The maximum atomic E-state index is 12.3. The molecule has 1 amide bonds. The Hall–Kier alpha value is -0.910. The molecular weight excluding hydrogens is 262 g/mol. The summed E-state index contributed by atoms with van der Waals surface area (Å²) >= 11 is 1.64. The first kappa shape index (κ1) is 13.1. The first-order valence-corrected chi connectivity index (χ1v) is 7.53. The fraction of sp³-hybridized carbons (Fsp3) is 0.643. The number of carbonyl (C=O) groups excluding carboxylic acids is 1. The highest BCUT2D eigenvalue weighted by Gasteiger charge is 2.51. The molecule has 3 heterocycles. The van der Waals surface area contributed by atoms with Crippen LogP contribution in [0.1, 0.15) is 5.56 Å². The SMILES string of the molecule is COC[C@@]12COC[C@@H]1CN(C(=O)Cc1ccsc1)C2. The second kappa shape index (κ2) is 5.23. The van der Waals surface area contributed by atoms with E-state index in [4.69, 9.17) is 9.47 Å². The molecule has 1 aromatic rings. The lowest BCUT2D eigenvalue weighted by atomic mass is 9.82. The van der Waals surface area contributed by atoms with Gasteiger partial charge in [-0.15, -0.1) is 0 Å². The summed E-state index contributed by atoms with van der Waals surface area (Å²) in [6, 6.07) is 2.02. The van der Waals surface area contributed by atoms with Gasteiger partial charge < -0.3 is 14.4 Å². The molecule has 4 nitrogen and oxygen atoms in total. The van der Waals surface area contributed by atoms with E-state index in [1.807, 2.05) is 21.7 Å². The number of amides is 1. The molecule has 0 saturated carbocycles. The van der Waals surface area contributed by atoms with Crippen molar-refractivity contribution in [3.63, 3.8) is 0 Å². The summed E-state index contributed by atoms with van der Waals surface area (Å²) in [4.78, 5) is 14.3. The van der Waals surface area contributed by atoms with Crippen LogP contribution in [0.25, 0.3) is 0 Å². The minimum atomic E-state index is 0.0268. The molecule has 2 aliphatic rings. The van der Waals surface area contributed by atoms with E-state index in [0.717, 1.165) is 25.3 Å². The average molecular weight is 281 g/mol. The highest BCUT2D eigenvalue weighted by atomic mass is 32.1. The standard InChI is InChI=1S/C14H19NO3S/c1-17-9-14-8-15(5-12(14)6-18-10-14)13(16)4-11-2-3-19-7-11/h2-3,7,12H,4-6,8-10H2,1H3/t12-,14-/m0/s1. The van der Waals surface area contributed by atoms with E-state index in [2.05, 4.69) is 0 Å². The Morgan fingerprint density at radius 3 is 3.32 bits per heavy atom. The normalized spacial score (nSPS) is 29.7. The fourth-order valence-corrected chi connectivity index (χ4v) is 3.86. The largest absolute Gasteiger partial charge is 0.384 e. The number of likely N-dealkylation sites (tertiary alicyclic amines) is 1. The van der Waals surface area contributed by atoms with Gasteiger partial charge in [-0.2, -0.15) is 11.3 Å². The van der Waals surface area contributed by atoms with E-state index < -0.39 is 0 Å². The second-order valence-corrected chi connectivity index (χ2v) is 6.37. The first-order chi connectivity index (χ1) is 9.23. The Morgan fingerprint density at radius 1 is 1.68 bits per heavy atom. The van der Waals surface area contributed by atoms with Gasteiger partial charge in [-0.25, -0.2) is 0 Å². The van der Waals surface area contributed by atoms with E-state index in [1.165, 1.54) is 0 Å². The zero-order valence-corrected chi connectivity index (χ0v) is 11.9. The van der Waals surface area contributed by atoms with Gasteiger partial charge in [0.25, 0.3) is 0 Å². The maximum Gasteiger partial charge on any atom is 0.227 e. The van der Waals surface area contributed by atoms with Gasteiger partial charge >= 0.3 is 0 Å². The van der Waals surface area contributed by atoms with Crippen molar-refractivity contribution < 1.29 is 14.3 Å². The Balaban J connectivity index is 1.66. The molecule has 0 N–H and O–H groups in total. The predicted octanol–water partition coefficient (Wildman–Crippen LogP) is 1.41. The monoisotopic (exact) mass is 281 g/mol. The van der Waals surface area contributed by atoms with Crippen LogP contribution >= 0.6 is 11.3 Å². The zero-order valence-electron chi connectivity index (χ0n) is 11.1. The molecule has 3 rings (SSSR count). The predicted molar refractivity (Wildman–Crippen MR) is 73.2 cm³/mol. The van der Waals surface area contributed by atoms with Crippen molar-refractivity contribution in [1.29, 1.82) is 0 Å². The first-order valence-electron chi connectivity index (χ1n) is 6.59. The number of methoxy groups -OCH3 is 1. The number of hydrogen-bond acceptors (Lipinski definition) is 4. The van der Waals surface area contributed by atoms with Crippen molar-refractivity contribution in [2.24, 2.45) is 11.3 Å². The molecule has 104 valence electrons. The van der Waals surface area contributed by atoms with Gasteiger partial charge in [-0.05, 0) is 22.4 Å². The zero-order chi connectivity index (χ0) is 13.3. The van der Waals surface area contributed by atoms with Crippen molar-refractivity contribution in [1.82, 2.24) is 4.90 Å². The molecule has 2 atom stereocenters. The summed E-state index contributed by atoms with van der Waals surface area (Å²) in [6.45, 7) is 3.74. The van der Waals surface area contributed by atoms with Crippen LogP contribution in [-0.4, -0.2) is 50.8 Å². The number of fused-ring (bicyclic) bond motifs is 1. The molecule has 0 unspecified atom stereocenters. The number of hydrogen-bond donors (Lipinski definition) is 0. The van der Waals surface area contributed by atoms with E-state index in [1.54, 1.807) is 18.4 Å². The summed E-state index contributed by atoms with van der Waals surface area (Å²) in [6.07, 6.45) is 0.514. The molecule has 0 radical (unpaired) electrons. The lowest BCUT2D eigenvalue weighted by Crippen LogP contribution is -2.37. The Bertz CT molecular complexity index is 448. The van der Waals surface area contributed by atoms with E-state index in [9.17, 15) is 4.79 Å². The third-order valence-electron chi connectivity index (χ3n) is 4.24. The topological polar surface area (TPSA) is 38.8 Å². The summed E-state index contributed by atoms with van der Waals surface area (Å²) in [5.41, 5.74) is 1.14. The summed E-state index contributed by atoms with van der Waals surface area (Å²) in [5, 5.41) is 4.06. The lowest BCUT2D eigenvalue weighted by molar-refractivity contribution is -0.130. The molecule has 2 fully saturated rings. The van der Waals surface area contributed by atoms with Crippen LogP contribution in [0.2, 0.25) is 0 Å². The summed E-state index contributed by atoms with van der Waals surface area (Å²) in [7, 11) is 1.72. The van der Waals surface area contributed by atoms with Gasteiger partial charge in [0, 0.05) is 31.5 Å². The number of nitrogens with zero attached hydrogens (tertiary/aromatic N) is 1. The number of thiophene rings is 1. The minimum Gasteiger partial charge on any atom is -0.384 e. The maximum absolute atomic E-state index is 12.3. The van der Waals surface area contributed by atoms with Crippen LogP contribution < -0.4 is 0 Å². The lowest BCUT2D eigenvalue weighted by Gasteiger charge is -2.25. The molecule has 1 aromatic heterocycles. The highest BCUT2D eigenvalue weighted by Crippen LogP contribution is 2.41. The smallest absolute Gasteiger partial charge is 0.227 e. The van der Waals surface area contributed by atoms with Crippen LogP contribution in [0.4, 0.5) is 0 Å². The Morgan fingerprint density at radius 2 is 2.58 bits per heavy atom. The molecule has 0 aromatic carbocycles. The highest BCUT2D eigenvalue weighted by molar-refractivity contribution is 7.07. The molecule has 0 bridgehead atoms. The molecule has 5 heteroatoms. The Labute approximate surface area is 117 Å². The van der Waals surface area contributed by atoms with Crippen LogP contribution in [0.15, 0.2) is 16.8 Å². The Kier molecular flexibility index (Phi) is 3.60. The van der Waals surface area contributed by atoms with Gasteiger partial charge in [-0.1, -0.05) is 0 Å². The van der Waals surface area contributed by atoms with Crippen LogP contribution in [-0.2, 0) is 20.7 Å². The third-order valence-corrected chi connectivity index (χ3v) is 4.97. The molecule has 2 saturated heterocycles. The second-order valence-electron chi connectivity index (χ2n) is 5.59. The minimum absolute atomic E-state index is 0.0268. The number of carbonyl (C=O) groups is 1. The number of ether oxygens (including phenoxy) is 2. The molecule has 0 spiro atoms. The van der Waals surface area contributed by atoms with Crippen molar-refractivity contribution in [3.8, 4) is 0 Å². The van der Waals surface area contributed by atoms with Crippen LogP contribution in [0.3, 0.4) is 0 Å². The number of rotatable bonds is 4. The quantitative estimate of drug-likeness (QED) is 0.837. The third kappa shape index (κ3) is 2.42. The summed E-state index contributed by atoms with van der Waals surface area (Å²) < 4.78 is 10.9. The van der Waals surface area contributed by atoms with Crippen molar-refractivity contribution in [2.45, 2.75) is 6.42 Å². The van der Waals surface area contributed by atoms with Gasteiger partial charge in [0.05, 0.1) is 26.2 Å². The van der Waals surface area contributed by atoms with Gasteiger partial charge in [0.15, 0.2) is 0 Å². The van der Waals surface area contributed by atoms with Crippen molar-refractivity contribution in [3.05, 3.63) is 22.4 Å².